The van der Waals surface area contributed by atoms with E-state index in [1.165, 1.54) is 5.70 Å². The number of allylic oxidation sites excluding steroid dienone is 1. The predicted octanol–water partition coefficient (Wildman–Crippen LogP) is 6.17. The molecule has 0 bridgehead atoms. The van der Waals surface area contributed by atoms with E-state index in [4.69, 9.17) is 0 Å². The molecule has 0 radical (unpaired) electrons. The van der Waals surface area contributed by atoms with Crippen molar-refractivity contribution in [3.63, 3.8) is 0 Å². The number of thioether (sulfide) groups is 1. The largest absolute Gasteiger partial charge is 0.366 e. The first kappa shape index (κ1) is 23.8. The number of amides is 1. The second-order valence-corrected chi connectivity index (χ2v) is 11.4. The van der Waals surface area contributed by atoms with Crippen LogP contribution in [0, 0.1) is 5.92 Å². The second kappa shape index (κ2) is 10.4. The molecule has 7 heteroatoms. The van der Waals surface area contributed by atoms with Gasteiger partial charge < -0.3 is 15.5 Å². The highest BCUT2D eigenvalue weighted by Gasteiger charge is 2.38. The number of nitrogens with one attached hydrogen (secondary N) is 2. The number of ketones is 1. The van der Waals surface area contributed by atoms with Crippen molar-refractivity contribution in [3.05, 3.63) is 113 Å². The molecule has 2 aromatic carbocycles. The average molecular weight is 526 g/mol. The molecule has 1 fully saturated rings. The fraction of sp³-hybridized carbons (Fsp3) is 0.200. The molecule has 37 heavy (non-hydrogen) atoms. The molecule has 6 rings (SSSR count). The van der Waals surface area contributed by atoms with E-state index in [0.717, 1.165) is 40.5 Å². The molecule has 1 saturated heterocycles. The predicted molar refractivity (Wildman–Crippen MR) is 153 cm³/mol. The zero-order valence-corrected chi connectivity index (χ0v) is 21.9. The van der Waals surface area contributed by atoms with Gasteiger partial charge in [0.05, 0.1) is 12.0 Å². The summed E-state index contributed by atoms with van der Waals surface area (Å²) in [6.45, 7) is 0.940. The van der Waals surface area contributed by atoms with E-state index in [1.54, 1.807) is 11.3 Å². The van der Waals surface area contributed by atoms with Gasteiger partial charge in [-0.05, 0) is 53.8 Å². The van der Waals surface area contributed by atoms with E-state index in [9.17, 15) is 9.59 Å². The third kappa shape index (κ3) is 4.77. The zero-order valence-electron chi connectivity index (χ0n) is 20.2. The smallest absolute Gasteiger partial charge is 0.256 e. The van der Waals surface area contributed by atoms with Crippen LogP contribution in [0.15, 0.2) is 102 Å². The maximum absolute atomic E-state index is 13.8. The van der Waals surface area contributed by atoms with Crippen molar-refractivity contribution in [2.45, 2.75) is 12.5 Å². The highest BCUT2D eigenvalue weighted by Crippen LogP contribution is 2.36. The summed E-state index contributed by atoms with van der Waals surface area (Å²) in [5.74, 6) is 1.85. The van der Waals surface area contributed by atoms with Crippen molar-refractivity contribution in [3.8, 4) is 10.4 Å². The normalized spacial score (nSPS) is 20.5. The second-order valence-electron chi connectivity index (χ2n) is 9.30. The number of fused-ring (bicyclic) bond motifs is 3. The van der Waals surface area contributed by atoms with Gasteiger partial charge in [0.1, 0.15) is 0 Å². The first-order chi connectivity index (χ1) is 18.2. The highest BCUT2D eigenvalue weighted by molar-refractivity contribution is 7.99. The lowest BCUT2D eigenvalue weighted by Crippen LogP contribution is -2.47. The molecule has 3 aromatic rings. The van der Waals surface area contributed by atoms with E-state index in [1.807, 2.05) is 84.0 Å². The van der Waals surface area contributed by atoms with Crippen LogP contribution in [0.4, 0.5) is 5.69 Å². The van der Waals surface area contributed by atoms with E-state index in [2.05, 4.69) is 33.9 Å². The first-order valence-corrected chi connectivity index (χ1v) is 14.5. The Morgan fingerprint density at radius 3 is 2.70 bits per heavy atom. The number of hydrogen-bond donors (Lipinski definition) is 2. The standard InChI is InChI=1S/C30H27N3O2S2/c34-29(26-8-3-5-21-17-31-18-23-19-36-16-14-33(23)28(21)26)20-10-12-22(13-11-20)32-30(35)25-7-2-1-6-24(25)27-9-4-15-37-27/h1-7,9-13,15,17-18,26,28,31H,8,14,16,19H2,(H,32,35). The average Bonchev–Trinajstić information content (AvgIpc) is 3.41. The molecule has 1 aliphatic carbocycles. The number of anilines is 1. The lowest BCUT2D eigenvalue weighted by atomic mass is 9.79. The van der Waals surface area contributed by atoms with Gasteiger partial charge >= 0.3 is 0 Å². The molecule has 3 heterocycles. The lowest BCUT2D eigenvalue weighted by molar-refractivity contribution is 0.0850. The fourth-order valence-electron chi connectivity index (χ4n) is 5.29. The van der Waals surface area contributed by atoms with Gasteiger partial charge in [0.2, 0.25) is 0 Å². The minimum atomic E-state index is -0.163. The molecule has 2 N–H and O–H groups in total. The monoisotopic (exact) mass is 525 g/mol. The third-order valence-electron chi connectivity index (χ3n) is 7.08. The number of benzene rings is 2. The summed E-state index contributed by atoms with van der Waals surface area (Å²) < 4.78 is 0. The number of thiophene rings is 1. The Morgan fingerprint density at radius 2 is 1.86 bits per heavy atom. The summed E-state index contributed by atoms with van der Waals surface area (Å²) in [6, 6.07) is 19.0. The van der Waals surface area contributed by atoms with Crippen molar-refractivity contribution in [2.24, 2.45) is 5.92 Å². The summed E-state index contributed by atoms with van der Waals surface area (Å²) in [4.78, 5) is 30.3. The summed E-state index contributed by atoms with van der Waals surface area (Å²) in [6.07, 6.45) is 9.07. The van der Waals surface area contributed by atoms with Crippen LogP contribution < -0.4 is 10.6 Å². The van der Waals surface area contributed by atoms with Crippen molar-refractivity contribution in [2.75, 3.05) is 23.4 Å². The van der Waals surface area contributed by atoms with Crippen LogP contribution in [0.1, 0.15) is 27.1 Å². The van der Waals surface area contributed by atoms with Gasteiger partial charge in [0.15, 0.2) is 5.78 Å². The first-order valence-electron chi connectivity index (χ1n) is 12.4. The number of rotatable bonds is 5. The Hall–Kier alpha value is -3.55. The van der Waals surface area contributed by atoms with Gasteiger partial charge in [0, 0.05) is 63.4 Å². The van der Waals surface area contributed by atoms with E-state index >= 15 is 0 Å². The van der Waals surface area contributed by atoms with Crippen molar-refractivity contribution in [1.29, 1.82) is 0 Å². The van der Waals surface area contributed by atoms with Crippen molar-refractivity contribution in [1.82, 2.24) is 10.2 Å². The van der Waals surface area contributed by atoms with Crippen LogP contribution in [0.2, 0.25) is 0 Å². The SMILES string of the molecule is O=C(Nc1ccc(C(=O)C2CC=CC3=CNC=C4CSCCN4C32)cc1)c1ccccc1-c1cccs1. The lowest BCUT2D eigenvalue weighted by Gasteiger charge is -2.42. The Kier molecular flexibility index (Phi) is 6.72. The molecule has 1 amide bonds. The third-order valence-corrected chi connectivity index (χ3v) is 8.95. The zero-order chi connectivity index (χ0) is 25.2. The Morgan fingerprint density at radius 1 is 1.00 bits per heavy atom. The fourth-order valence-corrected chi connectivity index (χ4v) is 6.99. The van der Waals surface area contributed by atoms with E-state index in [0.29, 0.717) is 16.8 Å². The number of carbonyl (C=O) groups is 2. The van der Waals surface area contributed by atoms with Gasteiger partial charge in [-0.25, -0.2) is 0 Å². The molecule has 5 nitrogen and oxygen atoms in total. The molecule has 186 valence electrons. The number of Topliss-reactive ketones (excluding diaryl/α,β-unsaturated/α-hetero) is 1. The molecular weight excluding hydrogens is 498 g/mol. The molecule has 0 saturated carbocycles. The minimum Gasteiger partial charge on any atom is -0.366 e. The van der Waals surface area contributed by atoms with E-state index in [-0.39, 0.29) is 23.7 Å². The molecule has 2 unspecified atom stereocenters. The molecule has 1 aromatic heterocycles. The Labute approximate surface area is 225 Å². The van der Waals surface area contributed by atoms with Crippen LogP contribution >= 0.6 is 23.1 Å². The summed E-state index contributed by atoms with van der Waals surface area (Å²) in [5.41, 5.74) is 5.29. The van der Waals surface area contributed by atoms with Gasteiger partial charge in [-0.3, -0.25) is 9.59 Å². The topological polar surface area (TPSA) is 61.4 Å². The van der Waals surface area contributed by atoms with Gasteiger partial charge in [0.25, 0.3) is 5.91 Å². The molecule has 3 aliphatic rings. The molecule has 2 atom stereocenters. The maximum Gasteiger partial charge on any atom is 0.256 e. The quantitative estimate of drug-likeness (QED) is 0.390. The highest BCUT2D eigenvalue weighted by atomic mass is 32.2. The minimum absolute atomic E-state index is 0.0350. The molecule has 0 spiro atoms. The van der Waals surface area contributed by atoms with Gasteiger partial charge in [-0.1, -0.05) is 36.4 Å². The Bertz CT molecular complexity index is 1410. The molecular formula is C30H27N3O2S2. The van der Waals surface area contributed by atoms with Crippen LogP contribution in [0.25, 0.3) is 10.4 Å². The van der Waals surface area contributed by atoms with E-state index < -0.39 is 0 Å². The van der Waals surface area contributed by atoms with Crippen molar-refractivity contribution < 1.29 is 9.59 Å². The van der Waals surface area contributed by atoms with Crippen LogP contribution in [0.3, 0.4) is 0 Å². The van der Waals surface area contributed by atoms with Crippen molar-refractivity contribution >= 4 is 40.5 Å². The van der Waals surface area contributed by atoms with Gasteiger partial charge in [-0.15, -0.1) is 11.3 Å². The Balaban J connectivity index is 1.20. The van der Waals surface area contributed by atoms with Crippen LogP contribution in [0.5, 0.6) is 0 Å². The number of nitrogens with zero attached hydrogens (tertiary/aromatic N) is 1. The maximum atomic E-state index is 13.8. The molecule has 2 aliphatic heterocycles. The van der Waals surface area contributed by atoms with Crippen LogP contribution in [-0.2, 0) is 0 Å². The summed E-state index contributed by atoms with van der Waals surface area (Å²) in [7, 11) is 0. The number of hydrogen-bond acceptors (Lipinski definition) is 6. The van der Waals surface area contributed by atoms with Crippen LogP contribution in [-0.4, -0.2) is 40.7 Å². The summed E-state index contributed by atoms with van der Waals surface area (Å²) >= 11 is 3.54. The number of carbonyl (C=O) groups excluding carboxylic acids is 2. The van der Waals surface area contributed by atoms with Gasteiger partial charge in [-0.2, -0.15) is 11.8 Å². The summed E-state index contributed by atoms with van der Waals surface area (Å²) in [5, 5.41) is 8.33.